The quantitative estimate of drug-likeness (QED) is 0.761. The molecule has 0 aliphatic carbocycles. The van der Waals surface area contributed by atoms with Crippen LogP contribution in [0.25, 0.3) is 11.0 Å². The van der Waals surface area contributed by atoms with Gasteiger partial charge in [-0.3, -0.25) is 9.80 Å². The van der Waals surface area contributed by atoms with Gasteiger partial charge in [0.2, 0.25) is 0 Å². The van der Waals surface area contributed by atoms with Crippen molar-refractivity contribution in [3.05, 3.63) is 29.6 Å². The van der Waals surface area contributed by atoms with Crippen LogP contribution in [0.4, 0.5) is 0 Å². The summed E-state index contributed by atoms with van der Waals surface area (Å²) in [7, 11) is 0. The number of hydrogen-bond donors (Lipinski definition) is 3. The number of imidazole rings is 1. The van der Waals surface area contributed by atoms with Crippen LogP contribution >= 0.6 is 0 Å². The van der Waals surface area contributed by atoms with Gasteiger partial charge in [0.15, 0.2) is 0 Å². The number of aromatic nitrogens is 2. The van der Waals surface area contributed by atoms with Crippen LogP contribution in [0.15, 0.2) is 18.2 Å². The lowest BCUT2D eigenvalue weighted by Crippen LogP contribution is -2.43. The SMILES string of the molecule is c1cc2nc(CN3CCNCC3)[nH]c2cc1CN1CCNCC1. The van der Waals surface area contributed by atoms with Gasteiger partial charge in [-0.15, -0.1) is 0 Å². The molecule has 3 N–H and O–H groups in total. The Kier molecular flexibility index (Phi) is 4.57. The van der Waals surface area contributed by atoms with Crippen molar-refractivity contribution in [3.63, 3.8) is 0 Å². The number of piperazine rings is 2. The zero-order chi connectivity index (χ0) is 15.5. The van der Waals surface area contributed by atoms with E-state index < -0.39 is 0 Å². The van der Waals surface area contributed by atoms with Crippen LogP contribution in [0, 0.1) is 0 Å². The van der Waals surface area contributed by atoms with E-state index in [4.69, 9.17) is 4.98 Å². The molecule has 23 heavy (non-hydrogen) atoms. The summed E-state index contributed by atoms with van der Waals surface area (Å²) in [4.78, 5) is 13.2. The standard InChI is InChI=1S/C17H26N6/c1-2-15-16(11-14(1)12-22-7-3-18-4-8-22)21-17(20-15)13-23-9-5-19-6-10-23/h1-2,11,18-19H,3-10,12-13H2,(H,20,21). The van der Waals surface area contributed by atoms with Crippen LogP contribution < -0.4 is 10.6 Å². The number of H-pyrrole nitrogens is 1. The minimum Gasteiger partial charge on any atom is -0.341 e. The lowest BCUT2D eigenvalue weighted by atomic mass is 10.2. The molecule has 2 fully saturated rings. The first-order valence-electron chi connectivity index (χ1n) is 8.70. The Labute approximate surface area is 137 Å². The maximum absolute atomic E-state index is 4.75. The minimum absolute atomic E-state index is 0.920. The van der Waals surface area contributed by atoms with E-state index in [-0.39, 0.29) is 0 Å². The highest BCUT2D eigenvalue weighted by molar-refractivity contribution is 5.75. The van der Waals surface area contributed by atoms with Crippen LogP contribution in [0.5, 0.6) is 0 Å². The Hall–Kier alpha value is -1.47. The highest BCUT2D eigenvalue weighted by Crippen LogP contribution is 2.16. The van der Waals surface area contributed by atoms with Crippen molar-refractivity contribution in [2.45, 2.75) is 13.1 Å². The lowest BCUT2D eigenvalue weighted by Gasteiger charge is -2.27. The van der Waals surface area contributed by atoms with Gasteiger partial charge in [-0.25, -0.2) is 4.98 Å². The van der Waals surface area contributed by atoms with Crippen molar-refractivity contribution in [1.82, 2.24) is 30.4 Å². The van der Waals surface area contributed by atoms with Gasteiger partial charge >= 0.3 is 0 Å². The molecule has 6 heteroatoms. The summed E-state index contributed by atoms with van der Waals surface area (Å²) in [6, 6.07) is 6.65. The average Bonchev–Trinajstić information content (AvgIpc) is 2.98. The van der Waals surface area contributed by atoms with E-state index in [1.165, 1.54) is 11.1 Å². The van der Waals surface area contributed by atoms with Gasteiger partial charge in [-0.2, -0.15) is 0 Å². The van der Waals surface area contributed by atoms with Crippen molar-refractivity contribution in [2.75, 3.05) is 52.4 Å². The van der Waals surface area contributed by atoms with Crippen molar-refractivity contribution < 1.29 is 0 Å². The average molecular weight is 314 g/mol. The third kappa shape index (κ3) is 3.72. The molecule has 1 aromatic carbocycles. The van der Waals surface area contributed by atoms with Crippen LogP contribution in [0.1, 0.15) is 11.4 Å². The van der Waals surface area contributed by atoms with Crippen molar-refractivity contribution in [1.29, 1.82) is 0 Å². The number of fused-ring (bicyclic) bond motifs is 1. The smallest absolute Gasteiger partial charge is 0.121 e. The molecular formula is C17H26N6. The second-order valence-corrected chi connectivity index (χ2v) is 6.59. The fraction of sp³-hybridized carbons (Fsp3) is 0.588. The third-order valence-electron chi connectivity index (χ3n) is 4.79. The fourth-order valence-corrected chi connectivity index (χ4v) is 3.49. The fourth-order valence-electron chi connectivity index (χ4n) is 3.49. The van der Waals surface area contributed by atoms with E-state index in [1.807, 2.05) is 0 Å². The van der Waals surface area contributed by atoms with Crippen LogP contribution in [-0.2, 0) is 13.1 Å². The van der Waals surface area contributed by atoms with Crippen LogP contribution in [-0.4, -0.2) is 72.1 Å². The van der Waals surface area contributed by atoms with Gasteiger partial charge in [-0.05, 0) is 17.7 Å². The second kappa shape index (κ2) is 6.97. The molecule has 1 aromatic heterocycles. The van der Waals surface area contributed by atoms with Gasteiger partial charge in [0, 0.05) is 58.9 Å². The van der Waals surface area contributed by atoms with Crippen molar-refractivity contribution in [2.24, 2.45) is 0 Å². The zero-order valence-electron chi connectivity index (χ0n) is 13.6. The largest absolute Gasteiger partial charge is 0.341 e. The zero-order valence-corrected chi connectivity index (χ0v) is 13.6. The summed E-state index contributed by atoms with van der Waals surface area (Å²) < 4.78 is 0. The molecule has 6 nitrogen and oxygen atoms in total. The van der Waals surface area contributed by atoms with E-state index in [2.05, 4.69) is 43.6 Å². The first-order valence-corrected chi connectivity index (χ1v) is 8.70. The minimum atomic E-state index is 0.920. The van der Waals surface area contributed by atoms with E-state index in [0.717, 1.165) is 76.8 Å². The van der Waals surface area contributed by atoms with Crippen LogP contribution in [0.2, 0.25) is 0 Å². The Bertz CT molecular complexity index is 622. The molecule has 2 aliphatic rings. The molecule has 0 bridgehead atoms. The Morgan fingerprint density at radius 1 is 0.870 bits per heavy atom. The molecule has 124 valence electrons. The summed E-state index contributed by atoms with van der Waals surface area (Å²) in [6.07, 6.45) is 0. The summed E-state index contributed by atoms with van der Waals surface area (Å²) in [6.45, 7) is 10.8. The molecule has 3 heterocycles. The number of aromatic amines is 1. The van der Waals surface area contributed by atoms with Gasteiger partial charge in [0.05, 0.1) is 17.6 Å². The van der Waals surface area contributed by atoms with E-state index in [1.54, 1.807) is 0 Å². The molecular weight excluding hydrogens is 288 g/mol. The maximum atomic E-state index is 4.75. The topological polar surface area (TPSA) is 59.2 Å². The van der Waals surface area contributed by atoms with E-state index in [0.29, 0.717) is 0 Å². The molecule has 0 atom stereocenters. The number of nitrogens with zero attached hydrogens (tertiary/aromatic N) is 3. The first kappa shape index (κ1) is 15.1. The lowest BCUT2D eigenvalue weighted by molar-refractivity contribution is 0.229. The van der Waals surface area contributed by atoms with Gasteiger partial charge in [0.25, 0.3) is 0 Å². The van der Waals surface area contributed by atoms with E-state index >= 15 is 0 Å². The summed E-state index contributed by atoms with van der Waals surface area (Å²) >= 11 is 0. The highest BCUT2D eigenvalue weighted by Gasteiger charge is 2.13. The third-order valence-corrected chi connectivity index (χ3v) is 4.79. The molecule has 2 aromatic rings. The molecule has 0 radical (unpaired) electrons. The monoisotopic (exact) mass is 314 g/mol. The maximum Gasteiger partial charge on any atom is 0.121 e. The van der Waals surface area contributed by atoms with Gasteiger partial charge in [0.1, 0.15) is 5.82 Å². The molecule has 0 amide bonds. The van der Waals surface area contributed by atoms with Crippen molar-refractivity contribution in [3.8, 4) is 0 Å². The molecule has 2 saturated heterocycles. The number of hydrogen-bond acceptors (Lipinski definition) is 5. The molecule has 0 spiro atoms. The summed E-state index contributed by atoms with van der Waals surface area (Å²) in [5.41, 5.74) is 3.62. The Morgan fingerprint density at radius 2 is 1.52 bits per heavy atom. The Morgan fingerprint density at radius 3 is 2.22 bits per heavy atom. The molecule has 0 unspecified atom stereocenters. The summed E-state index contributed by atoms with van der Waals surface area (Å²) in [5.74, 6) is 1.08. The summed E-state index contributed by atoms with van der Waals surface area (Å²) in [5, 5.41) is 6.80. The molecule has 2 aliphatic heterocycles. The van der Waals surface area contributed by atoms with Crippen LogP contribution in [0.3, 0.4) is 0 Å². The molecule has 4 rings (SSSR count). The number of rotatable bonds is 4. The van der Waals surface area contributed by atoms with Gasteiger partial charge in [-0.1, -0.05) is 6.07 Å². The number of nitrogens with one attached hydrogen (secondary N) is 3. The predicted octanol–water partition coefficient (Wildman–Crippen LogP) is 0.373. The Balaban J connectivity index is 1.45. The number of benzene rings is 1. The predicted molar refractivity (Wildman–Crippen MR) is 92.4 cm³/mol. The van der Waals surface area contributed by atoms with E-state index in [9.17, 15) is 0 Å². The van der Waals surface area contributed by atoms with Gasteiger partial charge < -0.3 is 15.6 Å². The first-order chi connectivity index (χ1) is 11.4. The second-order valence-electron chi connectivity index (χ2n) is 6.59. The molecule has 0 saturated carbocycles. The normalized spacial score (nSPS) is 21.0. The highest BCUT2D eigenvalue weighted by atomic mass is 15.2. The van der Waals surface area contributed by atoms with Crippen molar-refractivity contribution >= 4 is 11.0 Å².